The maximum Gasteiger partial charge on any atom is 0.237 e. The molecule has 0 amide bonds. The van der Waals surface area contributed by atoms with Gasteiger partial charge in [0.25, 0.3) is 0 Å². The molecule has 0 saturated carbocycles. The van der Waals surface area contributed by atoms with Gasteiger partial charge >= 0.3 is 0 Å². The molecule has 0 bridgehead atoms. The summed E-state index contributed by atoms with van der Waals surface area (Å²) in [5, 5.41) is 2.12. The monoisotopic (exact) mass is 526 g/mol. The molecule has 4 aromatic heterocycles. The van der Waals surface area contributed by atoms with Crippen molar-refractivity contribution >= 4 is 49.8 Å². The van der Waals surface area contributed by atoms with E-state index in [0.717, 1.165) is 66.7 Å². The van der Waals surface area contributed by atoms with Crippen LogP contribution in [0, 0.1) is 0 Å². The maximum absolute atomic E-state index is 5.33. The quantitative estimate of drug-likeness (QED) is 0.234. The molecule has 0 N–H and O–H groups in total. The molecule has 9 aromatic rings. The average Bonchev–Trinajstić information content (AvgIpc) is 3.67. The Kier molecular flexibility index (Phi) is 4.51. The molecular weight excluding hydrogens is 504 g/mol. The molecule has 6 nitrogen and oxygen atoms in total. The summed E-state index contributed by atoms with van der Waals surface area (Å²) in [7, 11) is 0. The van der Waals surface area contributed by atoms with Crippen molar-refractivity contribution < 1.29 is 0 Å². The summed E-state index contributed by atoms with van der Waals surface area (Å²) in [6.07, 6.45) is 0. The molecule has 192 valence electrons. The molecule has 0 aliphatic carbocycles. The van der Waals surface area contributed by atoms with Crippen LogP contribution in [0.5, 0.6) is 0 Å². The molecule has 0 unspecified atom stereocenters. The van der Waals surface area contributed by atoms with Gasteiger partial charge in [-0.25, -0.2) is 9.97 Å². The van der Waals surface area contributed by atoms with E-state index in [9.17, 15) is 0 Å². The SMILES string of the molecule is c1ccc(-c2nc(-n3c4ccccc4c4c3nc3n(-c5ccccc5)c5ccccc5n43)nc3ccccc23)cc1. The fourth-order valence-corrected chi connectivity index (χ4v) is 6.12. The number of rotatable bonds is 3. The van der Waals surface area contributed by atoms with Gasteiger partial charge < -0.3 is 0 Å². The minimum absolute atomic E-state index is 0.602. The van der Waals surface area contributed by atoms with Gasteiger partial charge in [-0.3, -0.25) is 13.5 Å². The van der Waals surface area contributed by atoms with E-state index in [4.69, 9.17) is 15.0 Å². The van der Waals surface area contributed by atoms with Crippen LogP contribution in [-0.2, 0) is 0 Å². The highest BCUT2D eigenvalue weighted by atomic mass is 15.3. The Balaban J connectivity index is 1.45. The summed E-state index contributed by atoms with van der Waals surface area (Å²) in [5.41, 5.74) is 9.00. The molecule has 5 aromatic carbocycles. The lowest BCUT2D eigenvalue weighted by atomic mass is 10.1. The minimum Gasteiger partial charge on any atom is -0.278 e. The first-order valence-electron chi connectivity index (χ1n) is 13.7. The van der Waals surface area contributed by atoms with Gasteiger partial charge in [0, 0.05) is 22.0 Å². The number of hydrogen-bond acceptors (Lipinski definition) is 3. The summed E-state index contributed by atoms with van der Waals surface area (Å²) in [6, 6.07) is 45.8. The van der Waals surface area contributed by atoms with E-state index < -0.39 is 0 Å². The van der Waals surface area contributed by atoms with Gasteiger partial charge in [0.15, 0.2) is 5.65 Å². The van der Waals surface area contributed by atoms with E-state index in [0.29, 0.717) is 5.95 Å². The highest BCUT2D eigenvalue weighted by Crippen LogP contribution is 2.37. The summed E-state index contributed by atoms with van der Waals surface area (Å²) in [5.74, 6) is 1.45. The third-order valence-electron chi connectivity index (χ3n) is 7.87. The number of aromatic nitrogens is 6. The molecule has 0 aliphatic rings. The lowest BCUT2D eigenvalue weighted by Crippen LogP contribution is -2.04. The molecule has 9 rings (SSSR count). The second-order valence-electron chi connectivity index (χ2n) is 10.2. The van der Waals surface area contributed by atoms with Crippen molar-refractivity contribution in [2.75, 3.05) is 0 Å². The first-order valence-corrected chi connectivity index (χ1v) is 13.7. The van der Waals surface area contributed by atoms with Gasteiger partial charge in [-0.2, -0.15) is 4.98 Å². The molecule has 0 radical (unpaired) electrons. The van der Waals surface area contributed by atoms with Crippen LogP contribution in [0.1, 0.15) is 0 Å². The van der Waals surface area contributed by atoms with Crippen LogP contribution >= 0.6 is 0 Å². The maximum atomic E-state index is 5.33. The third-order valence-corrected chi connectivity index (χ3v) is 7.87. The van der Waals surface area contributed by atoms with Crippen LogP contribution in [0.3, 0.4) is 0 Å². The largest absolute Gasteiger partial charge is 0.278 e. The molecule has 0 atom stereocenters. The van der Waals surface area contributed by atoms with Gasteiger partial charge in [-0.05, 0) is 36.4 Å². The molecule has 4 heterocycles. The predicted molar refractivity (Wildman–Crippen MR) is 165 cm³/mol. The minimum atomic E-state index is 0.602. The fraction of sp³-hybridized carbons (Fsp3) is 0. The highest BCUT2D eigenvalue weighted by Gasteiger charge is 2.24. The van der Waals surface area contributed by atoms with E-state index in [2.05, 4.69) is 111 Å². The zero-order valence-electron chi connectivity index (χ0n) is 21.9. The van der Waals surface area contributed by atoms with Crippen molar-refractivity contribution in [3.63, 3.8) is 0 Å². The number of para-hydroxylation sites is 5. The van der Waals surface area contributed by atoms with Crippen molar-refractivity contribution in [3.05, 3.63) is 133 Å². The van der Waals surface area contributed by atoms with Crippen molar-refractivity contribution in [1.29, 1.82) is 0 Å². The standard InChI is InChI=1S/C35H22N6/c1-3-13-23(14-4-1)31-25-17-7-9-19-27(25)36-34(37-31)41-28-20-10-8-18-26(28)32-33(41)38-35-39(24-15-5-2-6-16-24)29-21-11-12-22-30(29)40(32)35/h1-22H. The Bertz CT molecular complexity index is 2410. The summed E-state index contributed by atoms with van der Waals surface area (Å²) >= 11 is 0. The zero-order valence-corrected chi connectivity index (χ0v) is 21.9. The first kappa shape index (κ1) is 22.1. The first-order chi connectivity index (χ1) is 20.4. The van der Waals surface area contributed by atoms with E-state index in [-0.39, 0.29) is 0 Å². The van der Waals surface area contributed by atoms with Crippen LogP contribution in [0.25, 0.3) is 72.7 Å². The molecule has 0 saturated heterocycles. The molecule has 6 heteroatoms. The highest BCUT2D eigenvalue weighted by molar-refractivity contribution is 6.09. The number of hydrogen-bond donors (Lipinski definition) is 0. The summed E-state index contributed by atoms with van der Waals surface area (Å²) in [6.45, 7) is 0. The molecule has 0 aliphatic heterocycles. The average molecular weight is 527 g/mol. The van der Waals surface area contributed by atoms with E-state index in [1.54, 1.807) is 0 Å². The summed E-state index contributed by atoms with van der Waals surface area (Å²) < 4.78 is 6.61. The Labute approximate surface area is 234 Å². The molecular formula is C35H22N6. The van der Waals surface area contributed by atoms with Crippen LogP contribution < -0.4 is 0 Å². The van der Waals surface area contributed by atoms with Gasteiger partial charge in [0.1, 0.15) is 5.52 Å². The predicted octanol–water partition coefficient (Wildman–Crippen LogP) is 7.99. The lowest BCUT2D eigenvalue weighted by molar-refractivity contribution is 0.998. The molecule has 0 fully saturated rings. The van der Waals surface area contributed by atoms with Crippen molar-refractivity contribution in [2.45, 2.75) is 0 Å². The number of benzene rings is 5. The molecule has 41 heavy (non-hydrogen) atoms. The Morgan fingerprint density at radius 2 is 1.10 bits per heavy atom. The van der Waals surface area contributed by atoms with Gasteiger partial charge in [-0.1, -0.05) is 97.1 Å². The fourth-order valence-electron chi connectivity index (χ4n) is 6.12. The van der Waals surface area contributed by atoms with E-state index >= 15 is 0 Å². The normalized spacial score (nSPS) is 11.9. The van der Waals surface area contributed by atoms with Crippen LogP contribution in [0.4, 0.5) is 0 Å². The number of nitrogens with zero attached hydrogens (tertiary/aromatic N) is 6. The van der Waals surface area contributed by atoms with Gasteiger partial charge in [-0.15, -0.1) is 0 Å². The number of fused-ring (bicyclic) bond motifs is 8. The smallest absolute Gasteiger partial charge is 0.237 e. The van der Waals surface area contributed by atoms with Crippen LogP contribution in [0.15, 0.2) is 133 Å². The van der Waals surface area contributed by atoms with Crippen molar-refractivity contribution in [3.8, 4) is 22.9 Å². The zero-order chi connectivity index (χ0) is 26.9. The Morgan fingerprint density at radius 1 is 0.463 bits per heavy atom. The second-order valence-corrected chi connectivity index (χ2v) is 10.2. The van der Waals surface area contributed by atoms with Crippen molar-refractivity contribution in [2.24, 2.45) is 0 Å². The second kappa shape index (κ2) is 8.37. The van der Waals surface area contributed by atoms with Gasteiger partial charge in [0.2, 0.25) is 11.7 Å². The molecule has 0 spiro atoms. The topological polar surface area (TPSA) is 52.9 Å². The van der Waals surface area contributed by atoms with Crippen LogP contribution in [-0.4, -0.2) is 28.5 Å². The Morgan fingerprint density at radius 3 is 1.90 bits per heavy atom. The number of imidazole rings is 2. The van der Waals surface area contributed by atoms with E-state index in [1.807, 2.05) is 36.4 Å². The summed E-state index contributed by atoms with van der Waals surface area (Å²) in [4.78, 5) is 15.6. The van der Waals surface area contributed by atoms with Crippen LogP contribution in [0.2, 0.25) is 0 Å². The van der Waals surface area contributed by atoms with Crippen molar-refractivity contribution in [1.82, 2.24) is 28.5 Å². The van der Waals surface area contributed by atoms with E-state index in [1.165, 1.54) is 0 Å². The van der Waals surface area contributed by atoms with Gasteiger partial charge in [0.05, 0.1) is 27.8 Å². The third kappa shape index (κ3) is 3.10. The lowest BCUT2D eigenvalue weighted by Gasteiger charge is -2.11. The Hall–Kier alpha value is -5.75.